The summed E-state index contributed by atoms with van der Waals surface area (Å²) in [6, 6.07) is 0. The Morgan fingerprint density at radius 1 is 1.47 bits per heavy atom. The molecule has 0 saturated heterocycles. The van der Waals surface area contributed by atoms with E-state index < -0.39 is 41.3 Å². The van der Waals surface area contributed by atoms with Gasteiger partial charge in [0.1, 0.15) is 9.37 Å². The predicted molar refractivity (Wildman–Crippen MR) is 58.3 cm³/mol. The molecule has 0 radical (unpaired) electrons. The zero-order valence-electron chi connectivity index (χ0n) is 8.31. The fraction of sp³-hybridized carbons (Fsp3) is 0.167. The maximum atomic E-state index is 12.0. The minimum atomic E-state index is -5.22. The average molecular weight is 386 g/mol. The summed E-state index contributed by atoms with van der Waals surface area (Å²) in [4.78, 5) is 11.5. The third-order valence-electron chi connectivity index (χ3n) is 1.58. The molecule has 0 unspecified atom stereocenters. The number of hydrogen-bond donors (Lipinski definition) is 0. The number of alkyl halides is 3. The van der Waals surface area contributed by atoms with E-state index in [0.29, 0.717) is 6.20 Å². The maximum Gasteiger partial charge on any atom is 0.574 e. The summed E-state index contributed by atoms with van der Waals surface area (Å²) in [5.41, 5.74) is -1.31. The van der Waals surface area contributed by atoms with Crippen molar-refractivity contribution in [3.05, 3.63) is 20.8 Å². The number of nitro groups is 1. The Kier molecular flexibility index (Phi) is 4.27. The van der Waals surface area contributed by atoms with Crippen LogP contribution in [0.1, 0.15) is 0 Å². The summed E-state index contributed by atoms with van der Waals surface area (Å²) < 4.78 is 60.6. The monoisotopic (exact) mass is 384 g/mol. The number of rotatable bonds is 3. The van der Waals surface area contributed by atoms with Gasteiger partial charge in [-0.2, -0.15) is 0 Å². The van der Waals surface area contributed by atoms with Gasteiger partial charge in [0.05, 0.1) is 11.1 Å². The first kappa shape index (κ1) is 15.9. The largest absolute Gasteiger partial charge is 0.574 e. The van der Waals surface area contributed by atoms with Crippen molar-refractivity contribution in [1.82, 2.24) is 4.98 Å². The van der Waals surface area contributed by atoms with E-state index in [1.54, 1.807) is 0 Å². The van der Waals surface area contributed by atoms with Gasteiger partial charge in [-0.3, -0.25) is 10.1 Å². The molecule has 7 nitrogen and oxygen atoms in total. The number of aromatic nitrogens is 1. The molecule has 0 bridgehead atoms. The molecule has 1 aromatic rings. The Hall–Kier alpha value is -1.14. The highest BCUT2D eigenvalue weighted by Crippen LogP contribution is 2.40. The van der Waals surface area contributed by atoms with Gasteiger partial charge < -0.3 is 4.74 Å². The van der Waals surface area contributed by atoms with Crippen LogP contribution in [0.15, 0.2) is 15.6 Å². The normalized spacial score (nSPS) is 12.3. The second-order valence-electron chi connectivity index (χ2n) is 2.83. The van der Waals surface area contributed by atoms with E-state index in [-0.39, 0.29) is 0 Å². The van der Waals surface area contributed by atoms with Gasteiger partial charge in [-0.1, -0.05) is 0 Å². The molecule has 1 heterocycles. The Labute approximate surface area is 116 Å². The number of nitrogens with zero attached hydrogens (tertiary/aromatic N) is 2. The molecular weight excluding hydrogens is 384 g/mol. The van der Waals surface area contributed by atoms with E-state index in [4.69, 9.17) is 10.7 Å². The van der Waals surface area contributed by atoms with Gasteiger partial charge in [0, 0.05) is 10.7 Å². The Balaban J connectivity index is 3.54. The lowest BCUT2D eigenvalue weighted by Crippen LogP contribution is -2.19. The van der Waals surface area contributed by atoms with Gasteiger partial charge in [0.2, 0.25) is 0 Å². The first-order valence-electron chi connectivity index (χ1n) is 3.97. The zero-order chi connectivity index (χ0) is 15.0. The van der Waals surface area contributed by atoms with Crippen molar-refractivity contribution in [3.8, 4) is 5.88 Å². The van der Waals surface area contributed by atoms with Gasteiger partial charge in [-0.05, 0) is 15.9 Å². The minimum Gasteiger partial charge on any atom is -0.381 e. The quantitative estimate of drug-likeness (QED) is 0.450. The van der Waals surface area contributed by atoms with E-state index in [9.17, 15) is 31.7 Å². The Morgan fingerprint density at radius 3 is 2.37 bits per heavy atom. The molecule has 0 atom stereocenters. The van der Waals surface area contributed by atoms with Crippen molar-refractivity contribution in [2.75, 3.05) is 0 Å². The number of hydrogen-bond acceptors (Lipinski definition) is 6. The maximum absolute atomic E-state index is 12.0. The number of halogens is 5. The lowest BCUT2D eigenvalue weighted by Gasteiger charge is -2.09. The average Bonchev–Trinajstić information content (AvgIpc) is 2.11. The van der Waals surface area contributed by atoms with Crippen molar-refractivity contribution in [2.45, 2.75) is 11.3 Å². The highest BCUT2D eigenvalue weighted by atomic mass is 79.9. The zero-order valence-corrected chi connectivity index (χ0v) is 11.5. The topological polar surface area (TPSA) is 99.4 Å². The molecule has 0 aliphatic carbocycles. The summed E-state index contributed by atoms with van der Waals surface area (Å²) >= 11 is 2.48. The molecule has 0 aromatic carbocycles. The summed E-state index contributed by atoms with van der Waals surface area (Å²) in [6.07, 6.45) is -4.82. The predicted octanol–water partition coefficient (Wildman–Crippen LogP) is 2.58. The molecule has 0 N–H and O–H groups in total. The van der Waals surface area contributed by atoms with E-state index in [2.05, 4.69) is 25.7 Å². The molecule has 0 amide bonds. The molecular formula is C6HBrClF3N2O5S. The Morgan fingerprint density at radius 2 is 2.00 bits per heavy atom. The van der Waals surface area contributed by atoms with E-state index in [1.165, 1.54) is 0 Å². The Bertz CT molecular complexity index is 634. The fourth-order valence-electron chi connectivity index (χ4n) is 0.958. The van der Waals surface area contributed by atoms with Crippen LogP contribution in [0.3, 0.4) is 0 Å². The first-order valence-corrected chi connectivity index (χ1v) is 7.07. The number of pyridine rings is 1. The molecule has 0 fully saturated rings. The lowest BCUT2D eigenvalue weighted by molar-refractivity contribution is -0.390. The van der Waals surface area contributed by atoms with E-state index >= 15 is 0 Å². The summed E-state index contributed by atoms with van der Waals surface area (Å²) in [5.74, 6) is -1.41. The van der Waals surface area contributed by atoms with Gasteiger partial charge in [0.15, 0.2) is 0 Å². The van der Waals surface area contributed by atoms with Crippen molar-refractivity contribution >= 4 is 41.4 Å². The summed E-state index contributed by atoms with van der Waals surface area (Å²) in [5, 5.41) is 10.7. The van der Waals surface area contributed by atoms with Crippen molar-refractivity contribution in [3.63, 3.8) is 0 Å². The minimum absolute atomic E-state index is 0.403. The molecule has 13 heteroatoms. The van der Waals surface area contributed by atoms with Crippen LogP contribution < -0.4 is 4.74 Å². The van der Waals surface area contributed by atoms with Gasteiger partial charge in [0.25, 0.3) is 9.05 Å². The third-order valence-corrected chi connectivity index (χ3v) is 3.98. The second kappa shape index (κ2) is 5.09. The van der Waals surface area contributed by atoms with Crippen LogP contribution in [0.25, 0.3) is 0 Å². The highest BCUT2D eigenvalue weighted by molar-refractivity contribution is 9.10. The second-order valence-corrected chi connectivity index (χ2v) is 6.16. The van der Waals surface area contributed by atoms with Crippen molar-refractivity contribution in [2.24, 2.45) is 0 Å². The van der Waals surface area contributed by atoms with Crippen LogP contribution in [-0.2, 0) is 9.05 Å². The molecule has 0 saturated carbocycles. The molecule has 106 valence electrons. The van der Waals surface area contributed by atoms with Crippen LogP contribution in [-0.4, -0.2) is 24.7 Å². The molecule has 1 rings (SSSR count). The standard InChI is InChI=1S/C6HBrClF3N2O5S/c7-3-2(19(8,16)17)1-12-5(4(3)13(14)15)18-6(9,10)11/h1H. The van der Waals surface area contributed by atoms with Crippen LogP contribution >= 0.6 is 26.6 Å². The smallest absolute Gasteiger partial charge is 0.381 e. The molecule has 19 heavy (non-hydrogen) atoms. The molecule has 0 aliphatic rings. The van der Waals surface area contributed by atoms with Gasteiger partial charge in [-0.15, -0.1) is 13.2 Å². The summed E-state index contributed by atoms with van der Waals surface area (Å²) in [6.45, 7) is 0. The third kappa shape index (κ3) is 3.91. The molecule has 0 aliphatic heterocycles. The summed E-state index contributed by atoms with van der Waals surface area (Å²) in [7, 11) is 0.514. The van der Waals surface area contributed by atoms with Crippen LogP contribution in [0.4, 0.5) is 18.9 Å². The van der Waals surface area contributed by atoms with Gasteiger partial charge >= 0.3 is 17.9 Å². The lowest BCUT2D eigenvalue weighted by atomic mass is 10.4. The van der Waals surface area contributed by atoms with Crippen molar-refractivity contribution < 1.29 is 31.2 Å². The first-order chi connectivity index (χ1) is 8.43. The van der Waals surface area contributed by atoms with Crippen molar-refractivity contribution in [1.29, 1.82) is 0 Å². The molecule has 0 spiro atoms. The van der Waals surface area contributed by atoms with Crippen LogP contribution in [0.2, 0.25) is 0 Å². The van der Waals surface area contributed by atoms with E-state index in [1.807, 2.05) is 0 Å². The SMILES string of the molecule is O=[N+]([O-])c1c(OC(F)(F)F)ncc(S(=O)(=O)Cl)c1Br. The van der Waals surface area contributed by atoms with E-state index in [0.717, 1.165) is 0 Å². The van der Waals surface area contributed by atoms with Crippen LogP contribution in [0, 0.1) is 10.1 Å². The van der Waals surface area contributed by atoms with Gasteiger partial charge in [-0.25, -0.2) is 13.4 Å². The van der Waals surface area contributed by atoms with Crippen LogP contribution in [0.5, 0.6) is 5.88 Å². The fourth-order valence-corrected chi connectivity index (χ4v) is 3.13. The molecule has 1 aromatic heterocycles. The number of ether oxygens (including phenoxy) is 1. The highest BCUT2D eigenvalue weighted by Gasteiger charge is 2.38.